The van der Waals surface area contributed by atoms with Gasteiger partial charge in [-0.25, -0.2) is 0 Å². The Morgan fingerprint density at radius 2 is 2.00 bits per heavy atom. The number of amides is 1. The number of rotatable bonds is 4. The van der Waals surface area contributed by atoms with Crippen LogP contribution in [-0.4, -0.2) is 23.7 Å². The van der Waals surface area contributed by atoms with Crippen LogP contribution in [0.15, 0.2) is 0 Å². The Kier molecular flexibility index (Phi) is 4.99. The minimum Gasteiger partial charge on any atom is -0.394 e. The van der Waals surface area contributed by atoms with Crippen molar-refractivity contribution in [2.24, 2.45) is 5.41 Å². The summed E-state index contributed by atoms with van der Waals surface area (Å²) in [4.78, 5) is 11.4. The summed E-state index contributed by atoms with van der Waals surface area (Å²) < 4.78 is 0. The van der Waals surface area contributed by atoms with E-state index in [1.807, 2.05) is 27.7 Å². The smallest absolute Gasteiger partial charge is 0.220 e. The third-order valence-corrected chi connectivity index (χ3v) is 1.77. The summed E-state index contributed by atoms with van der Waals surface area (Å²) in [7, 11) is 0. The molecular weight excluding hydrogens is 166 g/mol. The third kappa shape index (κ3) is 6.58. The van der Waals surface area contributed by atoms with Gasteiger partial charge in [-0.3, -0.25) is 4.79 Å². The lowest BCUT2D eigenvalue weighted by Gasteiger charge is -2.20. The van der Waals surface area contributed by atoms with Gasteiger partial charge in [0.1, 0.15) is 0 Å². The second-order valence-electron chi connectivity index (χ2n) is 4.59. The largest absolute Gasteiger partial charge is 0.394 e. The van der Waals surface area contributed by atoms with Gasteiger partial charge in [-0.05, 0) is 11.8 Å². The van der Waals surface area contributed by atoms with Crippen LogP contribution in [0.1, 0.15) is 40.5 Å². The lowest BCUT2D eigenvalue weighted by molar-refractivity contribution is -0.123. The van der Waals surface area contributed by atoms with Gasteiger partial charge in [0.25, 0.3) is 0 Å². The summed E-state index contributed by atoms with van der Waals surface area (Å²) in [5, 5.41) is 11.6. The third-order valence-electron chi connectivity index (χ3n) is 1.77. The molecule has 0 fully saturated rings. The fourth-order valence-corrected chi connectivity index (χ4v) is 1.04. The van der Waals surface area contributed by atoms with Crippen molar-refractivity contribution in [3.05, 3.63) is 0 Å². The fourth-order valence-electron chi connectivity index (χ4n) is 1.04. The van der Waals surface area contributed by atoms with E-state index in [1.54, 1.807) is 0 Å². The number of hydrogen-bond donors (Lipinski definition) is 2. The highest BCUT2D eigenvalue weighted by molar-refractivity contribution is 5.76. The Bertz CT molecular complexity index is 157. The fraction of sp³-hybridized carbons (Fsp3) is 0.900. The van der Waals surface area contributed by atoms with Gasteiger partial charge in [0, 0.05) is 6.42 Å². The molecule has 0 spiro atoms. The van der Waals surface area contributed by atoms with Crippen LogP contribution in [0.2, 0.25) is 0 Å². The Morgan fingerprint density at radius 1 is 1.46 bits per heavy atom. The van der Waals surface area contributed by atoms with Crippen molar-refractivity contribution in [2.45, 2.75) is 46.6 Å². The average Bonchev–Trinajstić information content (AvgIpc) is 1.96. The Labute approximate surface area is 80.5 Å². The van der Waals surface area contributed by atoms with Crippen molar-refractivity contribution in [1.29, 1.82) is 0 Å². The van der Waals surface area contributed by atoms with Crippen LogP contribution in [0.4, 0.5) is 0 Å². The summed E-state index contributed by atoms with van der Waals surface area (Å²) in [5.74, 6) is 0.0217. The van der Waals surface area contributed by atoms with E-state index in [-0.39, 0.29) is 24.0 Å². The molecule has 1 atom stereocenters. The van der Waals surface area contributed by atoms with Crippen LogP contribution in [-0.2, 0) is 4.79 Å². The van der Waals surface area contributed by atoms with E-state index >= 15 is 0 Å². The Balaban J connectivity index is 3.86. The van der Waals surface area contributed by atoms with Crippen LogP contribution >= 0.6 is 0 Å². The molecule has 0 aromatic heterocycles. The second-order valence-corrected chi connectivity index (χ2v) is 4.59. The van der Waals surface area contributed by atoms with Gasteiger partial charge in [0.15, 0.2) is 0 Å². The second kappa shape index (κ2) is 5.22. The van der Waals surface area contributed by atoms with Gasteiger partial charge in [0.2, 0.25) is 5.91 Å². The number of hydrogen-bond acceptors (Lipinski definition) is 2. The first-order valence-corrected chi connectivity index (χ1v) is 4.79. The zero-order valence-electron chi connectivity index (χ0n) is 9.05. The molecule has 3 heteroatoms. The molecule has 13 heavy (non-hydrogen) atoms. The quantitative estimate of drug-likeness (QED) is 0.697. The van der Waals surface area contributed by atoms with Crippen LogP contribution in [0, 0.1) is 5.41 Å². The van der Waals surface area contributed by atoms with Crippen LogP contribution in [0.5, 0.6) is 0 Å². The molecule has 0 bridgehead atoms. The molecule has 0 aliphatic rings. The Morgan fingerprint density at radius 3 is 2.31 bits per heavy atom. The molecule has 78 valence electrons. The van der Waals surface area contributed by atoms with Crippen LogP contribution in [0.3, 0.4) is 0 Å². The molecule has 3 nitrogen and oxygen atoms in total. The van der Waals surface area contributed by atoms with Crippen molar-refractivity contribution in [3.63, 3.8) is 0 Å². The molecule has 0 aliphatic heterocycles. The van der Waals surface area contributed by atoms with Crippen molar-refractivity contribution >= 4 is 5.91 Å². The first-order chi connectivity index (χ1) is 5.89. The van der Waals surface area contributed by atoms with Gasteiger partial charge < -0.3 is 10.4 Å². The maximum Gasteiger partial charge on any atom is 0.220 e. The zero-order valence-corrected chi connectivity index (χ0v) is 9.05. The molecule has 1 amide bonds. The van der Waals surface area contributed by atoms with Crippen molar-refractivity contribution in [3.8, 4) is 0 Å². The van der Waals surface area contributed by atoms with Crippen molar-refractivity contribution in [1.82, 2.24) is 5.32 Å². The molecule has 0 saturated carbocycles. The lowest BCUT2D eigenvalue weighted by Crippen LogP contribution is -2.38. The molecule has 0 unspecified atom stereocenters. The van der Waals surface area contributed by atoms with Gasteiger partial charge in [-0.2, -0.15) is 0 Å². The van der Waals surface area contributed by atoms with Crippen molar-refractivity contribution < 1.29 is 9.90 Å². The minimum atomic E-state index is -0.0881. The summed E-state index contributed by atoms with van der Waals surface area (Å²) in [5.41, 5.74) is 0.0117. The zero-order chi connectivity index (χ0) is 10.5. The molecule has 0 aliphatic carbocycles. The number of carbonyl (C=O) groups is 1. The standard InChI is InChI=1S/C10H21NO2/c1-5-8(7-12)11-9(13)6-10(2,3)4/h8,12H,5-7H2,1-4H3,(H,11,13)/t8-/m1/s1. The highest BCUT2D eigenvalue weighted by Gasteiger charge is 2.17. The van der Waals surface area contributed by atoms with Crippen LogP contribution in [0.25, 0.3) is 0 Å². The van der Waals surface area contributed by atoms with Gasteiger partial charge in [-0.15, -0.1) is 0 Å². The maximum absolute atomic E-state index is 11.4. The number of carbonyl (C=O) groups excluding carboxylic acids is 1. The monoisotopic (exact) mass is 187 g/mol. The number of aliphatic hydroxyl groups excluding tert-OH is 1. The molecule has 0 radical (unpaired) electrons. The highest BCUT2D eigenvalue weighted by Crippen LogP contribution is 2.17. The van der Waals surface area contributed by atoms with E-state index in [9.17, 15) is 4.79 Å². The first-order valence-electron chi connectivity index (χ1n) is 4.79. The van der Waals surface area contributed by atoms with E-state index in [2.05, 4.69) is 5.32 Å². The van der Waals surface area contributed by atoms with E-state index in [1.165, 1.54) is 0 Å². The number of aliphatic hydroxyl groups is 1. The molecule has 0 heterocycles. The van der Waals surface area contributed by atoms with Crippen molar-refractivity contribution in [2.75, 3.05) is 6.61 Å². The normalized spacial score (nSPS) is 13.9. The summed E-state index contributed by atoms with van der Waals surface area (Å²) >= 11 is 0. The van der Waals surface area contributed by atoms with Gasteiger partial charge in [0.05, 0.1) is 12.6 Å². The summed E-state index contributed by atoms with van der Waals surface area (Å²) in [6.07, 6.45) is 1.27. The van der Waals surface area contributed by atoms with E-state index in [0.29, 0.717) is 6.42 Å². The molecular formula is C10H21NO2. The van der Waals surface area contributed by atoms with Gasteiger partial charge in [-0.1, -0.05) is 27.7 Å². The SMILES string of the molecule is CC[C@H](CO)NC(=O)CC(C)(C)C. The molecule has 0 aromatic rings. The maximum atomic E-state index is 11.4. The molecule has 0 rings (SSSR count). The lowest BCUT2D eigenvalue weighted by atomic mass is 9.92. The molecule has 0 saturated heterocycles. The number of nitrogens with one attached hydrogen (secondary N) is 1. The highest BCUT2D eigenvalue weighted by atomic mass is 16.3. The topological polar surface area (TPSA) is 49.3 Å². The summed E-state index contributed by atoms with van der Waals surface area (Å²) in [6.45, 7) is 8.02. The predicted octanol–water partition coefficient (Wildman–Crippen LogP) is 1.31. The average molecular weight is 187 g/mol. The summed E-state index contributed by atoms with van der Waals surface area (Å²) in [6, 6.07) is -0.0881. The minimum absolute atomic E-state index is 0.0117. The predicted molar refractivity (Wildman–Crippen MR) is 53.4 cm³/mol. The first kappa shape index (κ1) is 12.4. The van der Waals surface area contributed by atoms with Gasteiger partial charge >= 0.3 is 0 Å². The van der Waals surface area contributed by atoms with E-state index < -0.39 is 0 Å². The van der Waals surface area contributed by atoms with E-state index in [0.717, 1.165) is 6.42 Å². The van der Waals surface area contributed by atoms with Crippen LogP contribution < -0.4 is 5.32 Å². The molecule has 0 aromatic carbocycles. The molecule has 2 N–H and O–H groups in total. The van der Waals surface area contributed by atoms with E-state index in [4.69, 9.17) is 5.11 Å². The Hall–Kier alpha value is -0.570.